The van der Waals surface area contributed by atoms with Crippen molar-refractivity contribution in [1.82, 2.24) is 9.21 Å². The zero-order valence-corrected chi connectivity index (χ0v) is 19.1. The van der Waals surface area contributed by atoms with Gasteiger partial charge in [-0.25, -0.2) is 8.42 Å². The van der Waals surface area contributed by atoms with E-state index in [4.69, 9.17) is 9.47 Å². The molecule has 2 aromatic rings. The lowest BCUT2D eigenvalue weighted by Crippen LogP contribution is -2.40. The third kappa shape index (κ3) is 5.12. The Kier molecular flexibility index (Phi) is 7.10. The first kappa shape index (κ1) is 22.7. The maximum absolute atomic E-state index is 13.0. The Morgan fingerprint density at radius 2 is 1.56 bits per heavy atom. The molecule has 2 aliphatic rings. The van der Waals surface area contributed by atoms with Gasteiger partial charge in [0.25, 0.3) is 5.91 Å². The molecule has 1 amide bonds. The van der Waals surface area contributed by atoms with Crippen LogP contribution in [0.15, 0.2) is 53.4 Å². The average Bonchev–Trinajstić information content (AvgIpc) is 2.85. The highest BCUT2D eigenvalue weighted by molar-refractivity contribution is 7.89. The van der Waals surface area contributed by atoms with E-state index < -0.39 is 10.0 Å². The van der Waals surface area contributed by atoms with Crippen LogP contribution in [0.3, 0.4) is 0 Å². The number of carbonyl (C=O) groups is 1. The molecule has 0 unspecified atom stereocenters. The molecule has 2 heterocycles. The van der Waals surface area contributed by atoms with E-state index in [-0.39, 0.29) is 10.8 Å². The summed E-state index contributed by atoms with van der Waals surface area (Å²) in [7, 11) is -1.93. The number of anilines is 1. The summed E-state index contributed by atoms with van der Waals surface area (Å²) in [6.07, 6.45) is 0. The van der Waals surface area contributed by atoms with Crippen molar-refractivity contribution < 1.29 is 22.7 Å². The molecule has 2 saturated heterocycles. The number of rotatable bonds is 6. The van der Waals surface area contributed by atoms with E-state index in [9.17, 15) is 13.2 Å². The molecule has 0 N–H and O–H groups in total. The minimum atomic E-state index is -3.65. The molecule has 2 aromatic carbocycles. The topological polar surface area (TPSA) is 79.4 Å². The van der Waals surface area contributed by atoms with Crippen LogP contribution < -0.4 is 4.90 Å². The van der Waals surface area contributed by atoms with Gasteiger partial charge in [0.15, 0.2) is 0 Å². The van der Waals surface area contributed by atoms with Crippen LogP contribution in [-0.2, 0) is 26.0 Å². The van der Waals surface area contributed by atoms with Gasteiger partial charge in [-0.3, -0.25) is 4.79 Å². The molecule has 4 rings (SSSR count). The van der Waals surface area contributed by atoms with Gasteiger partial charge in [0.05, 0.1) is 31.3 Å². The first-order chi connectivity index (χ1) is 15.4. The lowest BCUT2D eigenvalue weighted by atomic mass is 10.1. The molecule has 2 fully saturated rings. The minimum absolute atomic E-state index is 0.133. The molecule has 8 nitrogen and oxygen atoms in total. The molecule has 9 heteroatoms. The van der Waals surface area contributed by atoms with Crippen molar-refractivity contribution in [3.8, 4) is 0 Å². The number of benzene rings is 2. The lowest BCUT2D eigenvalue weighted by Gasteiger charge is -2.29. The zero-order valence-electron chi connectivity index (χ0n) is 18.3. The predicted octanol–water partition coefficient (Wildman–Crippen LogP) is 1.82. The SMILES string of the molecule is CN(Cc1ccc(N2CCOCC2)cc1)C(=O)c1cccc(S(=O)(=O)N2CCOCC2)c1. The fourth-order valence-corrected chi connectivity index (χ4v) is 5.38. The highest BCUT2D eigenvalue weighted by atomic mass is 32.2. The molecule has 32 heavy (non-hydrogen) atoms. The summed E-state index contributed by atoms with van der Waals surface area (Å²) in [5.74, 6) is -0.221. The van der Waals surface area contributed by atoms with Crippen LogP contribution in [0, 0.1) is 0 Å². The first-order valence-corrected chi connectivity index (χ1v) is 12.2. The van der Waals surface area contributed by atoms with Gasteiger partial charge in [0, 0.05) is 51.0 Å². The summed E-state index contributed by atoms with van der Waals surface area (Å²) in [4.78, 5) is 17.0. The van der Waals surface area contributed by atoms with Crippen LogP contribution in [0.5, 0.6) is 0 Å². The average molecular weight is 460 g/mol. The third-order valence-corrected chi connectivity index (χ3v) is 7.66. The number of amides is 1. The fraction of sp³-hybridized carbons (Fsp3) is 0.435. The van der Waals surface area contributed by atoms with Crippen LogP contribution in [0.1, 0.15) is 15.9 Å². The first-order valence-electron chi connectivity index (χ1n) is 10.8. The zero-order chi connectivity index (χ0) is 22.6. The van der Waals surface area contributed by atoms with Crippen molar-refractivity contribution in [3.63, 3.8) is 0 Å². The number of morpholine rings is 2. The van der Waals surface area contributed by atoms with E-state index in [1.165, 1.54) is 16.4 Å². The Labute approximate surface area is 189 Å². The number of sulfonamides is 1. The molecule has 0 spiro atoms. The van der Waals surface area contributed by atoms with Gasteiger partial charge in [-0.1, -0.05) is 18.2 Å². The van der Waals surface area contributed by atoms with Gasteiger partial charge in [0.2, 0.25) is 10.0 Å². The van der Waals surface area contributed by atoms with Gasteiger partial charge in [-0.2, -0.15) is 4.31 Å². The number of carbonyl (C=O) groups excluding carboxylic acids is 1. The second kappa shape index (κ2) is 9.99. The molecule has 0 aliphatic carbocycles. The van der Waals surface area contributed by atoms with Gasteiger partial charge < -0.3 is 19.3 Å². The quantitative estimate of drug-likeness (QED) is 0.656. The van der Waals surface area contributed by atoms with Gasteiger partial charge in [0.1, 0.15) is 0 Å². The van der Waals surface area contributed by atoms with E-state index in [0.29, 0.717) is 38.4 Å². The number of ether oxygens (including phenoxy) is 2. The molecule has 0 radical (unpaired) electrons. The second-order valence-electron chi connectivity index (χ2n) is 7.97. The minimum Gasteiger partial charge on any atom is -0.379 e. The number of hydrogen-bond donors (Lipinski definition) is 0. The largest absolute Gasteiger partial charge is 0.379 e. The van der Waals surface area contributed by atoms with Crippen molar-refractivity contribution >= 4 is 21.6 Å². The van der Waals surface area contributed by atoms with Gasteiger partial charge in [-0.15, -0.1) is 0 Å². The smallest absolute Gasteiger partial charge is 0.253 e. The Bertz CT molecular complexity index is 1030. The van der Waals surface area contributed by atoms with Crippen molar-refractivity contribution in [2.24, 2.45) is 0 Å². The van der Waals surface area contributed by atoms with Gasteiger partial charge >= 0.3 is 0 Å². The highest BCUT2D eigenvalue weighted by Gasteiger charge is 2.27. The summed E-state index contributed by atoms with van der Waals surface area (Å²) < 4.78 is 37.9. The number of hydrogen-bond acceptors (Lipinski definition) is 6. The van der Waals surface area contributed by atoms with Crippen molar-refractivity contribution in [2.45, 2.75) is 11.4 Å². The summed E-state index contributed by atoms with van der Waals surface area (Å²) in [6, 6.07) is 14.4. The van der Waals surface area contributed by atoms with Gasteiger partial charge in [-0.05, 0) is 35.9 Å². The molecule has 2 aliphatic heterocycles. The van der Waals surface area contributed by atoms with E-state index in [0.717, 1.165) is 37.6 Å². The van der Waals surface area contributed by atoms with Crippen LogP contribution in [0.4, 0.5) is 5.69 Å². The van der Waals surface area contributed by atoms with Crippen molar-refractivity contribution in [1.29, 1.82) is 0 Å². The van der Waals surface area contributed by atoms with E-state index >= 15 is 0 Å². The molecule has 0 saturated carbocycles. The normalized spacial score (nSPS) is 17.8. The van der Waals surface area contributed by atoms with Crippen LogP contribution >= 0.6 is 0 Å². The maximum atomic E-state index is 13.0. The molecule has 172 valence electrons. The lowest BCUT2D eigenvalue weighted by molar-refractivity contribution is 0.0730. The van der Waals surface area contributed by atoms with Crippen LogP contribution in [0.2, 0.25) is 0 Å². The van der Waals surface area contributed by atoms with Crippen molar-refractivity contribution in [2.75, 3.05) is 64.6 Å². The van der Waals surface area contributed by atoms with E-state index in [1.807, 2.05) is 12.1 Å². The Hall–Kier alpha value is -2.46. The second-order valence-corrected chi connectivity index (χ2v) is 9.91. The summed E-state index contributed by atoms with van der Waals surface area (Å²) in [5.41, 5.74) is 2.51. The van der Waals surface area contributed by atoms with Crippen LogP contribution in [0.25, 0.3) is 0 Å². The van der Waals surface area contributed by atoms with Crippen molar-refractivity contribution in [3.05, 3.63) is 59.7 Å². The highest BCUT2D eigenvalue weighted by Crippen LogP contribution is 2.21. The molecule has 0 atom stereocenters. The molecular weight excluding hydrogens is 430 g/mol. The standard InChI is InChI=1S/C23H29N3O5S/c1-24(18-19-5-7-21(8-6-19)25-9-13-30-14-10-25)23(27)20-3-2-4-22(17-20)32(28,29)26-11-15-31-16-12-26/h2-8,17H,9-16,18H2,1H3. The Morgan fingerprint density at radius 3 is 2.22 bits per heavy atom. The number of nitrogens with zero attached hydrogens (tertiary/aromatic N) is 3. The Balaban J connectivity index is 1.43. The summed E-state index contributed by atoms with van der Waals surface area (Å²) in [6.45, 7) is 5.06. The van der Waals surface area contributed by atoms with E-state index in [1.54, 1.807) is 24.1 Å². The molecule has 0 bridgehead atoms. The summed E-state index contributed by atoms with van der Waals surface area (Å²) >= 11 is 0. The van der Waals surface area contributed by atoms with E-state index in [2.05, 4.69) is 17.0 Å². The Morgan fingerprint density at radius 1 is 0.938 bits per heavy atom. The monoisotopic (exact) mass is 459 g/mol. The van der Waals surface area contributed by atoms with Crippen LogP contribution in [-0.4, -0.2) is 83.2 Å². The predicted molar refractivity (Wildman–Crippen MR) is 121 cm³/mol. The molecular formula is C23H29N3O5S. The fourth-order valence-electron chi connectivity index (χ4n) is 3.93. The summed E-state index contributed by atoms with van der Waals surface area (Å²) in [5, 5.41) is 0. The third-order valence-electron chi connectivity index (χ3n) is 5.77. The molecule has 0 aromatic heterocycles. The maximum Gasteiger partial charge on any atom is 0.253 e.